The lowest BCUT2D eigenvalue weighted by Gasteiger charge is -2.32. The van der Waals surface area contributed by atoms with Crippen molar-refractivity contribution in [3.8, 4) is 5.75 Å². The number of hydrogen-bond acceptors (Lipinski definition) is 3. The molecule has 1 aromatic carbocycles. The van der Waals surface area contributed by atoms with Crippen LogP contribution in [0.15, 0.2) is 24.3 Å². The quantitative estimate of drug-likeness (QED) is 0.838. The summed E-state index contributed by atoms with van der Waals surface area (Å²) in [6.45, 7) is 5.23. The Labute approximate surface area is 124 Å². The number of amides is 1. The molecule has 0 bridgehead atoms. The van der Waals surface area contributed by atoms with Gasteiger partial charge in [-0.1, -0.05) is 12.1 Å². The van der Waals surface area contributed by atoms with Crippen LogP contribution >= 0.6 is 0 Å². The molecule has 0 N–H and O–H groups in total. The van der Waals surface area contributed by atoms with E-state index in [2.05, 4.69) is 0 Å². The summed E-state index contributed by atoms with van der Waals surface area (Å²) in [5.74, 6) is -0.445. The molecular formula is C16H22FNO3. The van der Waals surface area contributed by atoms with Crippen LogP contribution in [-0.2, 0) is 9.53 Å². The maximum absolute atomic E-state index is 13.4. The molecule has 1 saturated heterocycles. The first-order chi connectivity index (χ1) is 10.1. The first-order valence-corrected chi connectivity index (χ1v) is 7.37. The van der Waals surface area contributed by atoms with Crippen molar-refractivity contribution in [2.45, 2.75) is 38.9 Å². The molecule has 21 heavy (non-hydrogen) atoms. The highest BCUT2D eigenvalue weighted by Crippen LogP contribution is 2.17. The summed E-state index contributed by atoms with van der Waals surface area (Å²) in [4.78, 5) is 13.8. The standard InChI is InChI=1S/C16H22FNO3/c1-12(2)21-13-7-9-18(10-8-13)16(19)11-20-15-6-4-3-5-14(15)17/h3-6,12-13H,7-11H2,1-2H3. The highest BCUT2D eigenvalue weighted by atomic mass is 19.1. The second kappa shape index (κ2) is 7.41. The molecule has 1 heterocycles. The van der Waals surface area contributed by atoms with E-state index in [4.69, 9.17) is 9.47 Å². The first-order valence-electron chi connectivity index (χ1n) is 7.37. The molecule has 0 unspecified atom stereocenters. The Kier molecular flexibility index (Phi) is 5.56. The number of halogens is 1. The van der Waals surface area contributed by atoms with Crippen molar-refractivity contribution in [1.29, 1.82) is 0 Å². The van der Waals surface area contributed by atoms with Crippen molar-refractivity contribution < 1.29 is 18.7 Å². The van der Waals surface area contributed by atoms with Crippen LogP contribution in [0.2, 0.25) is 0 Å². The van der Waals surface area contributed by atoms with E-state index in [1.165, 1.54) is 12.1 Å². The van der Waals surface area contributed by atoms with Gasteiger partial charge in [0.1, 0.15) is 0 Å². The van der Waals surface area contributed by atoms with Crippen LogP contribution in [-0.4, -0.2) is 42.7 Å². The number of likely N-dealkylation sites (tertiary alicyclic amines) is 1. The third-order valence-corrected chi connectivity index (χ3v) is 3.45. The first kappa shape index (κ1) is 15.8. The van der Waals surface area contributed by atoms with E-state index in [-0.39, 0.29) is 30.5 Å². The second-order valence-electron chi connectivity index (χ2n) is 5.48. The van der Waals surface area contributed by atoms with Crippen molar-refractivity contribution in [3.05, 3.63) is 30.1 Å². The number of ether oxygens (including phenoxy) is 2. The molecule has 0 aliphatic carbocycles. The van der Waals surface area contributed by atoms with Crippen molar-refractivity contribution in [1.82, 2.24) is 4.90 Å². The summed E-state index contributed by atoms with van der Waals surface area (Å²) in [6.07, 6.45) is 2.11. The Morgan fingerprint density at radius 2 is 2.00 bits per heavy atom. The Morgan fingerprint density at radius 3 is 2.62 bits per heavy atom. The minimum atomic E-state index is -0.450. The van der Waals surface area contributed by atoms with Gasteiger partial charge in [0.15, 0.2) is 18.2 Å². The van der Waals surface area contributed by atoms with Crippen LogP contribution in [0.3, 0.4) is 0 Å². The molecule has 1 amide bonds. The third-order valence-electron chi connectivity index (χ3n) is 3.45. The highest BCUT2D eigenvalue weighted by molar-refractivity contribution is 5.77. The van der Waals surface area contributed by atoms with E-state index >= 15 is 0 Å². The number of piperidine rings is 1. The Bertz CT molecular complexity index is 470. The molecule has 0 radical (unpaired) electrons. The molecule has 1 aromatic rings. The molecule has 5 heteroatoms. The van der Waals surface area contributed by atoms with Crippen LogP contribution in [0.5, 0.6) is 5.75 Å². The second-order valence-corrected chi connectivity index (χ2v) is 5.48. The summed E-state index contributed by atoms with van der Waals surface area (Å²) < 4.78 is 24.4. The van der Waals surface area contributed by atoms with Gasteiger partial charge < -0.3 is 14.4 Å². The maximum Gasteiger partial charge on any atom is 0.260 e. The minimum Gasteiger partial charge on any atom is -0.481 e. The van der Waals surface area contributed by atoms with Crippen LogP contribution < -0.4 is 4.74 Å². The summed E-state index contributed by atoms with van der Waals surface area (Å²) in [6, 6.07) is 6.10. The zero-order valence-electron chi connectivity index (χ0n) is 12.5. The van der Waals surface area contributed by atoms with Gasteiger partial charge in [-0.2, -0.15) is 0 Å². The Balaban J connectivity index is 1.76. The van der Waals surface area contributed by atoms with Crippen LogP contribution in [0.1, 0.15) is 26.7 Å². The molecule has 0 saturated carbocycles. The molecule has 0 aromatic heterocycles. The zero-order valence-corrected chi connectivity index (χ0v) is 12.5. The largest absolute Gasteiger partial charge is 0.481 e. The molecule has 4 nitrogen and oxygen atoms in total. The number of carbonyl (C=O) groups is 1. The average Bonchev–Trinajstić information content (AvgIpc) is 2.46. The van der Waals surface area contributed by atoms with Crippen molar-refractivity contribution in [2.24, 2.45) is 0 Å². The molecule has 1 aliphatic rings. The fourth-order valence-corrected chi connectivity index (χ4v) is 2.42. The molecule has 116 valence electrons. The number of para-hydroxylation sites is 1. The maximum atomic E-state index is 13.4. The number of hydrogen-bond donors (Lipinski definition) is 0. The summed E-state index contributed by atoms with van der Waals surface area (Å²) in [5, 5.41) is 0. The Morgan fingerprint density at radius 1 is 1.33 bits per heavy atom. The number of benzene rings is 1. The fraction of sp³-hybridized carbons (Fsp3) is 0.562. The lowest BCUT2D eigenvalue weighted by molar-refractivity contribution is -0.136. The number of carbonyl (C=O) groups excluding carboxylic acids is 1. The van der Waals surface area contributed by atoms with Crippen molar-refractivity contribution in [2.75, 3.05) is 19.7 Å². The molecule has 1 fully saturated rings. The summed E-state index contributed by atoms with van der Waals surface area (Å²) in [7, 11) is 0. The van der Waals surface area contributed by atoms with Crippen molar-refractivity contribution in [3.63, 3.8) is 0 Å². The molecule has 0 atom stereocenters. The summed E-state index contributed by atoms with van der Waals surface area (Å²) in [5.41, 5.74) is 0. The monoisotopic (exact) mass is 295 g/mol. The van der Waals surface area contributed by atoms with Crippen LogP contribution in [0.4, 0.5) is 4.39 Å². The predicted molar refractivity (Wildman–Crippen MR) is 77.7 cm³/mol. The van der Waals surface area contributed by atoms with Gasteiger partial charge >= 0.3 is 0 Å². The van der Waals surface area contributed by atoms with Gasteiger partial charge in [0, 0.05) is 13.1 Å². The van der Waals surface area contributed by atoms with E-state index in [1.807, 2.05) is 13.8 Å². The van der Waals surface area contributed by atoms with E-state index in [1.54, 1.807) is 17.0 Å². The van der Waals surface area contributed by atoms with Crippen molar-refractivity contribution >= 4 is 5.91 Å². The Hall–Kier alpha value is -1.62. The number of rotatable bonds is 5. The van der Waals surface area contributed by atoms with Crippen LogP contribution in [0, 0.1) is 5.82 Å². The lowest BCUT2D eigenvalue weighted by atomic mass is 10.1. The predicted octanol–water partition coefficient (Wildman–Crippen LogP) is 2.62. The van der Waals surface area contributed by atoms with Gasteiger partial charge in [-0.3, -0.25) is 4.79 Å². The number of nitrogens with zero attached hydrogens (tertiary/aromatic N) is 1. The van der Waals surface area contributed by atoms with Crippen LogP contribution in [0.25, 0.3) is 0 Å². The van der Waals surface area contributed by atoms with E-state index in [0.29, 0.717) is 13.1 Å². The van der Waals surface area contributed by atoms with Gasteiger partial charge in [0.25, 0.3) is 5.91 Å². The smallest absolute Gasteiger partial charge is 0.260 e. The molecule has 2 rings (SSSR count). The lowest BCUT2D eigenvalue weighted by Crippen LogP contribution is -2.43. The van der Waals surface area contributed by atoms with E-state index in [9.17, 15) is 9.18 Å². The van der Waals surface area contributed by atoms with Gasteiger partial charge in [-0.15, -0.1) is 0 Å². The average molecular weight is 295 g/mol. The molecule has 0 spiro atoms. The molecule has 1 aliphatic heterocycles. The summed E-state index contributed by atoms with van der Waals surface area (Å²) >= 11 is 0. The SMILES string of the molecule is CC(C)OC1CCN(C(=O)COc2ccccc2F)CC1. The van der Waals surface area contributed by atoms with E-state index < -0.39 is 5.82 Å². The normalized spacial score (nSPS) is 16.3. The topological polar surface area (TPSA) is 38.8 Å². The molecular weight excluding hydrogens is 273 g/mol. The zero-order chi connectivity index (χ0) is 15.2. The fourth-order valence-electron chi connectivity index (χ4n) is 2.42. The van der Waals surface area contributed by atoms with E-state index in [0.717, 1.165) is 12.8 Å². The highest BCUT2D eigenvalue weighted by Gasteiger charge is 2.24. The van der Waals surface area contributed by atoms with Gasteiger partial charge in [0.2, 0.25) is 0 Å². The minimum absolute atomic E-state index is 0.110. The van der Waals surface area contributed by atoms with Gasteiger partial charge in [-0.25, -0.2) is 4.39 Å². The van der Waals surface area contributed by atoms with Gasteiger partial charge in [-0.05, 0) is 38.8 Å². The van der Waals surface area contributed by atoms with Gasteiger partial charge in [0.05, 0.1) is 12.2 Å². The third kappa shape index (κ3) is 4.70.